The van der Waals surface area contributed by atoms with Crippen molar-refractivity contribution >= 4 is 17.2 Å². The molecule has 0 aliphatic heterocycles. The maximum atomic E-state index is 6.08. The normalized spacial score (nSPS) is 12.0. The number of hydrogen-bond acceptors (Lipinski definition) is 2. The van der Waals surface area contributed by atoms with Gasteiger partial charge in [0.15, 0.2) is 0 Å². The molecule has 4 heteroatoms. The predicted molar refractivity (Wildman–Crippen MR) is 92.2 cm³/mol. The fourth-order valence-corrected chi connectivity index (χ4v) is 2.78. The van der Waals surface area contributed by atoms with E-state index >= 15 is 0 Å². The van der Waals surface area contributed by atoms with E-state index in [9.17, 15) is 0 Å². The number of rotatable bonds is 2. The van der Waals surface area contributed by atoms with Crippen molar-refractivity contribution in [2.24, 2.45) is 5.73 Å². The summed E-state index contributed by atoms with van der Waals surface area (Å²) in [5.41, 5.74) is 11.2. The first kappa shape index (κ1) is 15.1. The van der Waals surface area contributed by atoms with Crippen LogP contribution in [0.15, 0.2) is 42.6 Å². The largest absolute Gasteiger partial charge is 0.325 e. The van der Waals surface area contributed by atoms with E-state index in [1.54, 1.807) is 0 Å². The van der Waals surface area contributed by atoms with Gasteiger partial charge in [-0.3, -0.25) is 0 Å². The summed E-state index contributed by atoms with van der Waals surface area (Å²) in [6, 6.07) is 12.3. The molecule has 3 nitrogen and oxygen atoms in total. The second-order valence-electron chi connectivity index (χ2n) is 6.51. The van der Waals surface area contributed by atoms with Gasteiger partial charge < -0.3 is 10.1 Å². The SMILES string of the molecule is CC(C)(C)c1ccc(-c2nc3ccc(Cl)cn3c2CN)cc1. The van der Waals surface area contributed by atoms with Crippen LogP contribution in [0.4, 0.5) is 0 Å². The number of pyridine rings is 1. The molecule has 2 N–H and O–H groups in total. The number of halogens is 1. The summed E-state index contributed by atoms with van der Waals surface area (Å²) in [5.74, 6) is 0. The second kappa shape index (κ2) is 5.41. The lowest BCUT2D eigenvalue weighted by atomic mass is 9.86. The Morgan fingerprint density at radius 2 is 1.77 bits per heavy atom. The van der Waals surface area contributed by atoms with Gasteiger partial charge >= 0.3 is 0 Å². The molecular weight excluding hydrogens is 294 g/mol. The smallest absolute Gasteiger partial charge is 0.137 e. The van der Waals surface area contributed by atoms with Crippen LogP contribution in [-0.4, -0.2) is 9.38 Å². The van der Waals surface area contributed by atoms with E-state index in [-0.39, 0.29) is 5.41 Å². The van der Waals surface area contributed by atoms with E-state index in [1.807, 2.05) is 22.7 Å². The molecule has 3 rings (SSSR count). The predicted octanol–water partition coefficient (Wildman–Crippen LogP) is 4.41. The summed E-state index contributed by atoms with van der Waals surface area (Å²) in [7, 11) is 0. The quantitative estimate of drug-likeness (QED) is 0.761. The first-order chi connectivity index (χ1) is 10.4. The minimum atomic E-state index is 0.141. The van der Waals surface area contributed by atoms with Crippen molar-refractivity contribution in [2.75, 3.05) is 0 Å². The minimum absolute atomic E-state index is 0.141. The van der Waals surface area contributed by atoms with Gasteiger partial charge in [0.25, 0.3) is 0 Å². The molecule has 0 bridgehead atoms. The number of aromatic nitrogens is 2. The van der Waals surface area contributed by atoms with Crippen LogP contribution in [0.1, 0.15) is 32.0 Å². The van der Waals surface area contributed by atoms with Crippen LogP contribution >= 0.6 is 11.6 Å². The second-order valence-corrected chi connectivity index (χ2v) is 6.95. The first-order valence-corrected chi connectivity index (χ1v) is 7.75. The molecule has 0 atom stereocenters. The molecule has 0 spiro atoms. The van der Waals surface area contributed by atoms with Crippen molar-refractivity contribution in [3.05, 3.63) is 58.9 Å². The highest BCUT2D eigenvalue weighted by Gasteiger charge is 2.16. The van der Waals surface area contributed by atoms with Gasteiger partial charge in [-0.05, 0) is 23.1 Å². The van der Waals surface area contributed by atoms with E-state index in [4.69, 9.17) is 22.3 Å². The number of benzene rings is 1. The molecule has 0 aliphatic rings. The standard InChI is InChI=1S/C18H20ClN3/c1-18(2,3)13-6-4-12(5-7-13)17-15(10-20)22-11-14(19)8-9-16(22)21-17/h4-9,11H,10,20H2,1-3H3. The van der Waals surface area contributed by atoms with Gasteiger partial charge in [0.1, 0.15) is 5.65 Å². The Morgan fingerprint density at radius 3 is 2.36 bits per heavy atom. The zero-order valence-corrected chi connectivity index (χ0v) is 13.9. The van der Waals surface area contributed by atoms with Gasteiger partial charge in [-0.1, -0.05) is 56.6 Å². The van der Waals surface area contributed by atoms with Gasteiger partial charge in [-0.15, -0.1) is 0 Å². The van der Waals surface area contributed by atoms with E-state index in [1.165, 1.54) is 5.56 Å². The molecule has 3 aromatic rings. The number of nitrogens with zero attached hydrogens (tertiary/aromatic N) is 2. The lowest BCUT2D eigenvalue weighted by Crippen LogP contribution is -2.10. The highest BCUT2D eigenvalue weighted by Crippen LogP contribution is 2.28. The number of nitrogens with two attached hydrogens (primary N) is 1. The van der Waals surface area contributed by atoms with Gasteiger partial charge in [0, 0.05) is 18.3 Å². The molecular formula is C18H20ClN3. The van der Waals surface area contributed by atoms with Gasteiger partial charge in [0.2, 0.25) is 0 Å². The summed E-state index contributed by atoms with van der Waals surface area (Å²) in [4.78, 5) is 4.71. The third-order valence-corrected chi connectivity index (χ3v) is 4.12. The Hall–Kier alpha value is -1.84. The van der Waals surface area contributed by atoms with Crippen LogP contribution in [0.2, 0.25) is 5.02 Å². The first-order valence-electron chi connectivity index (χ1n) is 7.37. The lowest BCUT2D eigenvalue weighted by molar-refractivity contribution is 0.590. The Balaban J connectivity index is 2.13. The molecule has 0 saturated carbocycles. The van der Waals surface area contributed by atoms with Crippen LogP contribution in [-0.2, 0) is 12.0 Å². The fraction of sp³-hybridized carbons (Fsp3) is 0.278. The topological polar surface area (TPSA) is 43.3 Å². The number of imidazole rings is 1. The van der Waals surface area contributed by atoms with Crippen molar-refractivity contribution in [3.8, 4) is 11.3 Å². The van der Waals surface area contributed by atoms with E-state index < -0.39 is 0 Å². The van der Waals surface area contributed by atoms with Gasteiger partial charge in [-0.25, -0.2) is 4.98 Å². The molecule has 2 aromatic heterocycles. The average Bonchev–Trinajstić information content (AvgIpc) is 2.84. The van der Waals surface area contributed by atoms with E-state index in [2.05, 4.69) is 45.0 Å². The Labute approximate surface area is 135 Å². The number of fused-ring (bicyclic) bond motifs is 1. The molecule has 2 heterocycles. The van der Waals surface area contributed by atoms with Crippen molar-refractivity contribution < 1.29 is 0 Å². The zero-order valence-electron chi connectivity index (χ0n) is 13.1. The third kappa shape index (κ3) is 2.62. The van der Waals surface area contributed by atoms with Gasteiger partial charge in [-0.2, -0.15) is 0 Å². The molecule has 114 valence electrons. The Kier molecular flexibility index (Phi) is 3.71. The summed E-state index contributed by atoms with van der Waals surface area (Å²) in [6.45, 7) is 7.04. The summed E-state index contributed by atoms with van der Waals surface area (Å²) in [5, 5.41) is 0.675. The average molecular weight is 314 g/mol. The molecule has 0 radical (unpaired) electrons. The van der Waals surface area contributed by atoms with Crippen LogP contribution in [0, 0.1) is 0 Å². The van der Waals surface area contributed by atoms with E-state index in [0.29, 0.717) is 11.6 Å². The molecule has 0 saturated heterocycles. The maximum Gasteiger partial charge on any atom is 0.137 e. The van der Waals surface area contributed by atoms with Crippen molar-refractivity contribution in [1.29, 1.82) is 0 Å². The summed E-state index contributed by atoms with van der Waals surface area (Å²) in [6.07, 6.45) is 1.86. The Bertz CT molecular complexity index is 811. The van der Waals surface area contributed by atoms with Crippen molar-refractivity contribution in [1.82, 2.24) is 9.38 Å². The molecule has 0 unspecified atom stereocenters. The molecule has 22 heavy (non-hydrogen) atoms. The van der Waals surface area contributed by atoms with Gasteiger partial charge in [0.05, 0.1) is 16.4 Å². The molecule has 0 amide bonds. The summed E-state index contributed by atoms with van der Waals surface area (Å²) >= 11 is 6.08. The summed E-state index contributed by atoms with van der Waals surface area (Å²) < 4.78 is 1.97. The van der Waals surface area contributed by atoms with Crippen LogP contribution in [0.5, 0.6) is 0 Å². The third-order valence-electron chi connectivity index (χ3n) is 3.90. The maximum absolute atomic E-state index is 6.08. The molecule has 0 aliphatic carbocycles. The lowest BCUT2D eigenvalue weighted by Gasteiger charge is -2.19. The van der Waals surface area contributed by atoms with E-state index in [0.717, 1.165) is 22.6 Å². The van der Waals surface area contributed by atoms with Crippen LogP contribution in [0.25, 0.3) is 16.9 Å². The molecule has 1 aromatic carbocycles. The Morgan fingerprint density at radius 1 is 1.09 bits per heavy atom. The monoisotopic (exact) mass is 313 g/mol. The van der Waals surface area contributed by atoms with Crippen molar-refractivity contribution in [3.63, 3.8) is 0 Å². The van der Waals surface area contributed by atoms with Crippen LogP contribution < -0.4 is 5.73 Å². The molecule has 0 fully saturated rings. The highest BCUT2D eigenvalue weighted by atomic mass is 35.5. The van der Waals surface area contributed by atoms with Crippen LogP contribution in [0.3, 0.4) is 0 Å². The highest BCUT2D eigenvalue weighted by molar-refractivity contribution is 6.30. The number of hydrogen-bond donors (Lipinski definition) is 1. The fourth-order valence-electron chi connectivity index (χ4n) is 2.62. The van der Waals surface area contributed by atoms with Crippen molar-refractivity contribution in [2.45, 2.75) is 32.7 Å². The zero-order chi connectivity index (χ0) is 15.9. The minimum Gasteiger partial charge on any atom is -0.325 e.